The average Bonchev–Trinajstić information content (AvgIpc) is 4.05. The van der Waals surface area contributed by atoms with E-state index in [2.05, 4.69) is 260 Å². The Bertz CT molecular complexity index is 4050. The standard InChI is InChI=1S/C72H58O2Si2/c1-71(2)55-29-17-15-25-51(55)65-57(71)37-39-61-69(65)73-67-47(27-19-31-59(67)75(61,5)6)45-33-35-49-53(41-45)63(43-21-11-9-12-22-43)50-36-34-46(42-54(50)64(49)44-23-13-10-14-24-44)48-28-20-32-60-68(48)74-70-62(76(60,7)8)40-38-58-66(70)52-26-16-18-30-56(52)72(58,3)4/h9-42H,1-8H3. The van der Waals surface area contributed by atoms with E-state index in [-0.39, 0.29) is 10.8 Å². The van der Waals surface area contributed by atoms with E-state index >= 15 is 0 Å². The third-order valence-electron chi connectivity index (χ3n) is 18.4. The zero-order valence-electron chi connectivity index (χ0n) is 44.4. The Morgan fingerprint density at radius 3 is 1.07 bits per heavy atom. The number of hydrogen-bond acceptors (Lipinski definition) is 2. The molecule has 2 nitrogen and oxygen atoms in total. The molecule has 0 aromatic heterocycles. The van der Waals surface area contributed by atoms with Gasteiger partial charge in [-0.2, -0.15) is 0 Å². The SMILES string of the molecule is CC1(C)c2ccccc2-c2c1ccc1c2Oc2c(-c3ccc4c(-c5ccccc5)c5cc(-c6cccc7c6Oc6c(ccc8c6-c6ccccc6C8(C)C)[Si]7(C)C)ccc5c(-c5ccccc5)c4c3)cccc2[Si]1(C)C. The van der Waals surface area contributed by atoms with Crippen LogP contribution in [0.4, 0.5) is 0 Å². The fraction of sp³-hybridized carbons (Fsp3) is 0.139. The van der Waals surface area contributed by atoms with Crippen molar-refractivity contribution in [1.29, 1.82) is 0 Å². The number of hydrogen-bond donors (Lipinski definition) is 0. The van der Waals surface area contributed by atoms with Crippen LogP contribution in [0.1, 0.15) is 49.9 Å². The van der Waals surface area contributed by atoms with Crippen LogP contribution in [0.3, 0.4) is 0 Å². The fourth-order valence-electron chi connectivity index (χ4n) is 14.3. The second kappa shape index (κ2) is 15.8. The molecule has 0 radical (unpaired) electrons. The van der Waals surface area contributed by atoms with Gasteiger partial charge in [-0.05, 0) is 121 Å². The molecule has 2 aliphatic heterocycles. The van der Waals surface area contributed by atoms with E-state index in [4.69, 9.17) is 9.47 Å². The number of benzene rings is 11. The van der Waals surface area contributed by atoms with Crippen molar-refractivity contribution < 1.29 is 9.47 Å². The van der Waals surface area contributed by atoms with Crippen LogP contribution >= 0.6 is 0 Å². The lowest BCUT2D eigenvalue weighted by Crippen LogP contribution is -2.56. The van der Waals surface area contributed by atoms with Crippen molar-refractivity contribution in [1.82, 2.24) is 0 Å². The van der Waals surface area contributed by atoms with Crippen molar-refractivity contribution in [3.8, 4) is 89.8 Å². The summed E-state index contributed by atoms with van der Waals surface area (Å²) in [5.74, 6) is 4.09. The van der Waals surface area contributed by atoms with E-state index in [0.717, 1.165) is 45.3 Å². The summed E-state index contributed by atoms with van der Waals surface area (Å²) < 4.78 is 15.0. The van der Waals surface area contributed by atoms with Crippen molar-refractivity contribution in [3.63, 3.8) is 0 Å². The lowest BCUT2D eigenvalue weighted by molar-refractivity contribution is 0.489. The van der Waals surface area contributed by atoms with Crippen LogP contribution in [-0.4, -0.2) is 16.1 Å². The first-order valence-corrected chi connectivity index (χ1v) is 33.1. The van der Waals surface area contributed by atoms with Gasteiger partial charge in [0.2, 0.25) is 0 Å². The average molecular weight is 1010 g/mol. The van der Waals surface area contributed by atoms with Crippen molar-refractivity contribution >= 4 is 58.4 Å². The molecule has 0 saturated carbocycles. The van der Waals surface area contributed by atoms with Crippen LogP contribution in [0.15, 0.2) is 206 Å². The molecule has 76 heavy (non-hydrogen) atoms. The summed E-state index contributed by atoms with van der Waals surface area (Å²) in [6, 6.07) is 77.6. The zero-order chi connectivity index (χ0) is 51.6. The molecule has 366 valence electrons. The Balaban J connectivity index is 0.941. The van der Waals surface area contributed by atoms with Crippen molar-refractivity contribution in [3.05, 3.63) is 229 Å². The summed E-state index contributed by atoms with van der Waals surface area (Å²) >= 11 is 0. The highest BCUT2D eigenvalue weighted by molar-refractivity contribution is 7.02. The topological polar surface area (TPSA) is 18.5 Å². The van der Waals surface area contributed by atoms with Crippen molar-refractivity contribution in [2.24, 2.45) is 0 Å². The molecule has 2 heterocycles. The molecule has 15 rings (SSSR count). The minimum atomic E-state index is -2.24. The van der Waals surface area contributed by atoms with Crippen LogP contribution in [0, 0.1) is 0 Å². The number of rotatable bonds is 4. The molecule has 0 bridgehead atoms. The van der Waals surface area contributed by atoms with Gasteiger partial charge in [-0.1, -0.05) is 248 Å². The molecule has 0 amide bonds. The van der Waals surface area contributed by atoms with Gasteiger partial charge >= 0.3 is 0 Å². The zero-order valence-corrected chi connectivity index (χ0v) is 46.4. The largest absolute Gasteiger partial charge is 0.456 e. The second-order valence-electron chi connectivity index (χ2n) is 23.9. The highest BCUT2D eigenvalue weighted by Crippen LogP contribution is 2.56. The van der Waals surface area contributed by atoms with Gasteiger partial charge < -0.3 is 9.47 Å². The Hall–Kier alpha value is -8.03. The lowest BCUT2D eigenvalue weighted by atomic mass is 9.82. The minimum absolute atomic E-state index is 0.119. The number of para-hydroxylation sites is 2. The maximum Gasteiger partial charge on any atom is 0.135 e. The van der Waals surface area contributed by atoms with E-state index in [1.54, 1.807) is 0 Å². The van der Waals surface area contributed by atoms with Crippen LogP contribution in [-0.2, 0) is 10.8 Å². The molecule has 0 fully saturated rings. The van der Waals surface area contributed by atoms with Gasteiger partial charge in [0.15, 0.2) is 0 Å². The molecular formula is C72H58O2Si2. The smallest absolute Gasteiger partial charge is 0.135 e. The molecule has 4 aliphatic rings. The molecule has 0 unspecified atom stereocenters. The predicted octanol–water partition coefficient (Wildman–Crippen LogP) is 17.1. The second-order valence-corrected chi connectivity index (χ2v) is 32.5. The van der Waals surface area contributed by atoms with Gasteiger partial charge in [0.1, 0.15) is 39.1 Å². The Morgan fingerprint density at radius 1 is 0.276 bits per heavy atom. The van der Waals surface area contributed by atoms with Crippen LogP contribution < -0.4 is 30.2 Å². The van der Waals surface area contributed by atoms with Crippen LogP contribution in [0.2, 0.25) is 26.2 Å². The Morgan fingerprint density at radius 2 is 0.645 bits per heavy atom. The summed E-state index contributed by atoms with van der Waals surface area (Å²) in [5.41, 5.74) is 19.7. The molecule has 11 aromatic carbocycles. The summed E-state index contributed by atoms with van der Waals surface area (Å²) in [4.78, 5) is 0. The molecule has 11 aromatic rings. The highest BCUT2D eigenvalue weighted by Gasteiger charge is 2.46. The van der Waals surface area contributed by atoms with Gasteiger partial charge in [-0.25, -0.2) is 0 Å². The summed E-state index contributed by atoms with van der Waals surface area (Å²) in [5, 5.41) is 10.3. The molecule has 0 atom stereocenters. The summed E-state index contributed by atoms with van der Waals surface area (Å²) in [6.45, 7) is 19.4. The normalized spacial score (nSPS) is 16.0. The molecule has 0 N–H and O–H groups in total. The van der Waals surface area contributed by atoms with E-state index in [9.17, 15) is 0 Å². The molecule has 4 heteroatoms. The molecule has 0 spiro atoms. The van der Waals surface area contributed by atoms with E-state index in [1.807, 2.05) is 0 Å². The maximum atomic E-state index is 7.48. The number of fused-ring (bicyclic) bond motifs is 14. The third kappa shape index (κ3) is 6.08. The van der Waals surface area contributed by atoms with Gasteiger partial charge in [0, 0.05) is 33.1 Å². The molecular weight excluding hydrogens is 953 g/mol. The van der Waals surface area contributed by atoms with Crippen LogP contribution in [0.25, 0.3) is 88.3 Å². The summed E-state index contributed by atoms with van der Waals surface area (Å²) in [7, 11) is -4.48. The maximum absolute atomic E-state index is 7.48. The van der Waals surface area contributed by atoms with E-state index in [0.29, 0.717) is 0 Å². The van der Waals surface area contributed by atoms with E-state index < -0.39 is 16.1 Å². The monoisotopic (exact) mass is 1010 g/mol. The fourth-order valence-corrected chi connectivity index (χ4v) is 19.9. The van der Waals surface area contributed by atoms with Gasteiger partial charge in [0.25, 0.3) is 0 Å². The number of ether oxygens (including phenoxy) is 2. The minimum Gasteiger partial charge on any atom is -0.456 e. The summed E-state index contributed by atoms with van der Waals surface area (Å²) in [6.07, 6.45) is 0. The van der Waals surface area contributed by atoms with E-state index in [1.165, 1.54) is 109 Å². The highest BCUT2D eigenvalue weighted by atomic mass is 28.3. The molecule has 0 saturated heterocycles. The molecule has 2 aliphatic carbocycles. The first kappa shape index (κ1) is 45.4. The van der Waals surface area contributed by atoms with Crippen molar-refractivity contribution in [2.45, 2.75) is 64.7 Å². The first-order chi connectivity index (χ1) is 36.7. The van der Waals surface area contributed by atoms with Gasteiger partial charge in [-0.3, -0.25) is 0 Å². The predicted molar refractivity (Wildman–Crippen MR) is 325 cm³/mol. The van der Waals surface area contributed by atoms with Gasteiger partial charge in [0.05, 0.1) is 0 Å². The third-order valence-corrected chi connectivity index (χ3v) is 25.4. The Labute approximate surface area is 448 Å². The first-order valence-electron chi connectivity index (χ1n) is 27.1. The quantitative estimate of drug-likeness (QED) is 0.129. The van der Waals surface area contributed by atoms with Gasteiger partial charge in [-0.15, -0.1) is 0 Å². The lowest BCUT2D eigenvalue weighted by Gasteiger charge is -2.36. The van der Waals surface area contributed by atoms with Crippen LogP contribution in [0.5, 0.6) is 23.0 Å². The van der Waals surface area contributed by atoms with Crippen molar-refractivity contribution in [2.75, 3.05) is 0 Å². The Kier molecular flexibility index (Phi) is 9.41.